The highest BCUT2D eigenvalue weighted by atomic mass is 35.5. The number of para-hydroxylation sites is 1. The minimum absolute atomic E-state index is 0.0556. The van der Waals surface area contributed by atoms with Crippen molar-refractivity contribution in [2.45, 2.75) is 55.1 Å². The third-order valence-electron chi connectivity index (χ3n) is 8.12. The lowest BCUT2D eigenvalue weighted by Crippen LogP contribution is -2.57. The van der Waals surface area contributed by atoms with Crippen LogP contribution < -0.4 is 4.90 Å². The average molecular weight is 561 g/mol. The second-order valence-corrected chi connectivity index (χ2v) is 12.3. The Morgan fingerprint density at radius 2 is 1.97 bits per heavy atom. The smallest absolute Gasteiger partial charge is 0.311 e. The second kappa shape index (κ2) is 12.3. The highest BCUT2D eigenvalue weighted by molar-refractivity contribution is 8.02. The summed E-state index contributed by atoms with van der Waals surface area (Å²) in [5.74, 6) is -1.90. The van der Waals surface area contributed by atoms with Gasteiger partial charge < -0.3 is 19.6 Å². The number of likely N-dealkylation sites (tertiary alicyclic amines) is 1. The summed E-state index contributed by atoms with van der Waals surface area (Å²) < 4.78 is 4.72. The highest BCUT2D eigenvalue weighted by Crippen LogP contribution is 2.68. The molecule has 206 valence electrons. The normalized spacial score (nSPS) is 29.3. The van der Waals surface area contributed by atoms with E-state index in [1.165, 1.54) is 6.08 Å². The monoisotopic (exact) mass is 560 g/mol. The Morgan fingerprint density at radius 3 is 2.66 bits per heavy atom. The summed E-state index contributed by atoms with van der Waals surface area (Å²) >= 11 is 8.15. The van der Waals surface area contributed by atoms with Gasteiger partial charge in [0.15, 0.2) is 0 Å². The van der Waals surface area contributed by atoms with Gasteiger partial charge in [0.05, 0.1) is 27.3 Å². The first-order chi connectivity index (χ1) is 18.3. The highest BCUT2D eigenvalue weighted by Gasteiger charge is 2.76. The van der Waals surface area contributed by atoms with Crippen molar-refractivity contribution < 1.29 is 24.2 Å². The molecule has 3 fully saturated rings. The Bertz CT molecular complexity index is 1080. The number of aliphatic hydroxyl groups is 1. The number of halogens is 1. The van der Waals surface area contributed by atoms with E-state index in [2.05, 4.69) is 20.1 Å². The van der Waals surface area contributed by atoms with Gasteiger partial charge in [0.2, 0.25) is 5.91 Å². The maximum Gasteiger partial charge on any atom is 0.311 e. The molecule has 0 radical (unpaired) electrons. The molecular weight excluding hydrogens is 524 g/mol. The van der Waals surface area contributed by atoms with Gasteiger partial charge in [-0.1, -0.05) is 62.2 Å². The molecule has 3 heterocycles. The molecule has 0 aromatic heterocycles. The molecule has 9 heteroatoms. The van der Waals surface area contributed by atoms with E-state index in [4.69, 9.17) is 21.4 Å². The van der Waals surface area contributed by atoms with Crippen molar-refractivity contribution in [2.24, 2.45) is 17.8 Å². The zero-order valence-electron chi connectivity index (χ0n) is 21.9. The number of carbonyl (C=O) groups excluding carboxylic acids is 3. The number of thioether (sulfide) groups is 1. The van der Waals surface area contributed by atoms with Gasteiger partial charge in [-0.2, -0.15) is 0 Å². The molecule has 3 aliphatic heterocycles. The van der Waals surface area contributed by atoms with E-state index in [9.17, 15) is 14.4 Å². The lowest BCUT2D eigenvalue weighted by atomic mass is 9.66. The van der Waals surface area contributed by atoms with Crippen LogP contribution in [-0.2, 0) is 19.1 Å². The van der Waals surface area contributed by atoms with Crippen LogP contribution in [0.25, 0.3) is 0 Å². The van der Waals surface area contributed by atoms with Gasteiger partial charge in [-0.15, -0.1) is 18.3 Å². The molecular formula is C29H37ClN2O5S. The van der Waals surface area contributed by atoms with E-state index in [-0.39, 0.29) is 48.7 Å². The summed E-state index contributed by atoms with van der Waals surface area (Å²) in [6.07, 6.45) is 7.01. The number of unbranched alkanes of at least 4 members (excludes halogenated alkanes) is 3. The van der Waals surface area contributed by atoms with Crippen molar-refractivity contribution in [3.63, 3.8) is 0 Å². The number of carbonyl (C=O) groups is 3. The number of hydrogen-bond acceptors (Lipinski definition) is 6. The number of anilines is 1. The molecule has 6 atom stereocenters. The molecule has 1 aromatic rings. The molecule has 1 N–H and O–H groups in total. The number of hydrogen-bond donors (Lipinski definition) is 1. The van der Waals surface area contributed by atoms with E-state index in [0.717, 1.165) is 19.3 Å². The van der Waals surface area contributed by atoms with Crippen LogP contribution in [0.1, 0.15) is 39.0 Å². The Hall–Kier alpha value is -2.29. The number of esters is 1. The second-order valence-electron chi connectivity index (χ2n) is 10.3. The van der Waals surface area contributed by atoms with Gasteiger partial charge >= 0.3 is 5.97 Å². The maximum absolute atomic E-state index is 14.5. The number of amides is 2. The summed E-state index contributed by atoms with van der Waals surface area (Å²) in [4.78, 5) is 45.2. The minimum atomic E-state index is -0.740. The van der Waals surface area contributed by atoms with Gasteiger partial charge in [0.1, 0.15) is 12.6 Å². The van der Waals surface area contributed by atoms with Crippen molar-refractivity contribution >= 4 is 46.8 Å². The van der Waals surface area contributed by atoms with E-state index in [0.29, 0.717) is 30.1 Å². The van der Waals surface area contributed by atoms with Crippen molar-refractivity contribution in [3.05, 3.63) is 54.6 Å². The van der Waals surface area contributed by atoms with Crippen LogP contribution in [0.5, 0.6) is 0 Å². The number of benzene rings is 1. The fourth-order valence-electron chi connectivity index (χ4n) is 6.55. The lowest BCUT2D eigenvalue weighted by molar-refractivity contribution is -0.153. The molecule has 4 rings (SSSR count). The Balaban J connectivity index is 1.74. The predicted molar refractivity (Wildman–Crippen MR) is 151 cm³/mol. The van der Waals surface area contributed by atoms with Crippen LogP contribution in [0.4, 0.5) is 5.69 Å². The van der Waals surface area contributed by atoms with Crippen LogP contribution in [0.15, 0.2) is 49.6 Å². The molecule has 1 spiro atoms. The van der Waals surface area contributed by atoms with Gasteiger partial charge in [0.25, 0.3) is 5.91 Å². The molecule has 3 aliphatic rings. The molecule has 38 heavy (non-hydrogen) atoms. The van der Waals surface area contributed by atoms with Gasteiger partial charge in [-0.3, -0.25) is 14.4 Å². The van der Waals surface area contributed by atoms with Gasteiger partial charge in [-0.05, 0) is 37.3 Å². The number of nitrogens with zero attached hydrogens (tertiary/aromatic N) is 2. The summed E-state index contributed by atoms with van der Waals surface area (Å²) in [6, 6.07) is 6.44. The molecule has 7 nitrogen and oxygen atoms in total. The quantitative estimate of drug-likeness (QED) is 0.217. The summed E-state index contributed by atoms with van der Waals surface area (Å²) in [5, 5.41) is 9.51. The zero-order valence-corrected chi connectivity index (χ0v) is 23.5. The number of fused-ring (bicyclic) bond motifs is 1. The van der Waals surface area contributed by atoms with Crippen molar-refractivity contribution in [2.75, 3.05) is 31.2 Å². The summed E-state index contributed by atoms with van der Waals surface area (Å²) in [5.41, 5.74) is 0.571. The SMILES string of the molecule is C=CCOC(=O)[C@@H]1[C@H]2C(=O)N(CCCCCCO)C(C(=O)N(CC=C)c3ccccc3Cl)C23S[C@@H]1CC3C. The maximum atomic E-state index is 14.5. The van der Waals surface area contributed by atoms with Crippen LogP contribution in [-0.4, -0.2) is 70.1 Å². The molecule has 3 unspecified atom stereocenters. The third kappa shape index (κ3) is 4.91. The topological polar surface area (TPSA) is 87.1 Å². The Kier molecular flexibility index (Phi) is 9.27. The van der Waals surface area contributed by atoms with Crippen molar-refractivity contribution in [1.82, 2.24) is 4.90 Å². The fourth-order valence-corrected chi connectivity index (χ4v) is 9.19. The summed E-state index contributed by atoms with van der Waals surface area (Å²) in [6.45, 7) is 10.5. The predicted octanol–water partition coefficient (Wildman–Crippen LogP) is 4.48. The average Bonchev–Trinajstić information content (AvgIpc) is 3.49. The van der Waals surface area contributed by atoms with Crippen molar-refractivity contribution in [3.8, 4) is 0 Å². The van der Waals surface area contributed by atoms with Crippen LogP contribution in [0, 0.1) is 17.8 Å². The zero-order chi connectivity index (χ0) is 27.4. The Morgan fingerprint density at radius 1 is 1.24 bits per heavy atom. The number of aliphatic hydroxyl groups excluding tert-OH is 1. The first-order valence-electron chi connectivity index (χ1n) is 13.4. The van der Waals surface area contributed by atoms with Crippen LogP contribution in [0.2, 0.25) is 5.02 Å². The largest absolute Gasteiger partial charge is 0.461 e. The third-order valence-corrected chi connectivity index (χ3v) is 10.5. The van der Waals surface area contributed by atoms with E-state index < -0.39 is 22.6 Å². The molecule has 1 aromatic carbocycles. The standard InChI is InChI=1S/C29H37ClN2O5S/c1-4-14-31(21-13-9-8-12-20(21)30)27(35)25-29-19(3)18-22(38-29)23(28(36)37-17-5-2)24(29)26(34)32(25)15-10-6-7-11-16-33/h4-5,8-9,12-13,19,22-25,33H,1-2,6-7,10-11,14-18H2,3H3/t19?,22-,23+,24+,25?,29?/m1/s1. The summed E-state index contributed by atoms with van der Waals surface area (Å²) in [7, 11) is 0. The van der Waals surface area contributed by atoms with E-state index in [1.54, 1.807) is 39.8 Å². The lowest BCUT2D eigenvalue weighted by Gasteiger charge is -2.40. The molecule has 0 saturated carbocycles. The molecule has 3 saturated heterocycles. The van der Waals surface area contributed by atoms with Gasteiger partial charge in [0, 0.05) is 24.9 Å². The number of ether oxygens (including phenoxy) is 1. The van der Waals surface area contributed by atoms with Crippen molar-refractivity contribution in [1.29, 1.82) is 0 Å². The first-order valence-corrected chi connectivity index (χ1v) is 14.6. The van der Waals surface area contributed by atoms with Gasteiger partial charge in [-0.25, -0.2) is 0 Å². The van der Waals surface area contributed by atoms with Crippen LogP contribution >= 0.6 is 23.4 Å². The fraction of sp³-hybridized carbons (Fsp3) is 0.552. The molecule has 2 amide bonds. The molecule has 0 aliphatic carbocycles. The minimum Gasteiger partial charge on any atom is -0.461 e. The van der Waals surface area contributed by atoms with Crippen LogP contribution in [0.3, 0.4) is 0 Å². The molecule has 2 bridgehead atoms. The van der Waals surface area contributed by atoms with E-state index >= 15 is 0 Å². The Labute approximate surface area is 234 Å². The number of rotatable bonds is 13. The first kappa shape index (κ1) is 28.7. The van der Waals surface area contributed by atoms with E-state index in [1.807, 2.05) is 12.1 Å².